The molecule has 0 heterocycles. The van der Waals surface area contributed by atoms with E-state index in [2.05, 4.69) is 12.2 Å². The zero-order valence-corrected chi connectivity index (χ0v) is 17.5. The van der Waals surface area contributed by atoms with Gasteiger partial charge >= 0.3 is 0 Å². The van der Waals surface area contributed by atoms with E-state index in [-0.39, 0.29) is 16.8 Å². The first-order valence-corrected chi connectivity index (χ1v) is 11.2. The molecule has 0 aliphatic heterocycles. The van der Waals surface area contributed by atoms with Gasteiger partial charge in [-0.2, -0.15) is 0 Å². The summed E-state index contributed by atoms with van der Waals surface area (Å²) in [5.41, 5.74) is 2.01. The molecule has 150 valence electrons. The van der Waals surface area contributed by atoms with Crippen LogP contribution in [0.4, 0.5) is 5.69 Å². The fourth-order valence-electron chi connectivity index (χ4n) is 3.52. The molecule has 5 nitrogen and oxygen atoms in total. The Labute approximate surface area is 167 Å². The Hall–Kier alpha value is -2.34. The first-order chi connectivity index (χ1) is 13.3. The quantitative estimate of drug-likeness (QED) is 0.821. The molecule has 0 bridgehead atoms. The maximum absolute atomic E-state index is 13.0. The Bertz CT molecular complexity index is 931. The van der Waals surface area contributed by atoms with Gasteiger partial charge in [0, 0.05) is 18.7 Å². The van der Waals surface area contributed by atoms with Gasteiger partial charge in [-0.25, -0.2) is 8.42 Å². The van der Waals surface area contributed by atoms with Gasteiger partial charge < -0.3 is 5.32 Å². The van der Waals surface area contributed by atoms with E-state index in [9.17, 15) is 13.2 Å². The number of carbonyl (C=O) groups excluding carboxylic acids is 1. The lowest BCUT2D eigenvalue weighted by Gasteiger charge is -2.27. The monoisotopic (exact) mass is 400 g/mol. The van der Waals surface area contributed by atoms with Crippen LogP contribution in [0.15, 0.2) is 53.4 Å². The summed E-state index contributed by atoms with van der Waals surface area (Å²) in [6.07, 6.45) is 4.17. The SMILES string of the molecule is Cc1ccc(N(C)S(=O)(=O)c2cccc(C(=O)NC3CCC(C)CC3)c2)cc1. The molecule has 2 aromatic carbocycles. The minimum atomic E-state index is -3.75. The predicted octanol–water partition coefficient (Wildman–Crippen LogP) is 4.13. The number of nitrogens with zero attached hydrogens (tertiary/aromatic N) is 1. The van der Waals surface area contributed by atoms with Gasteiger partial charge in [0.25, 0.3) is 15.9 Å². The van der Waals surface area contributed by atoms with E-state index in [4.69, 9.17) is 0 Å². The van der Waals surface area contributed by atoms with Crippen molar-refractivity contribution in [3.8, 4) is 0 Å². The van der Waals surface area contributed by atoms with Crippen molar-refractivity contribution < 1.29 is 13.2 Å². The van der Waals surface area contributed by atoms with Crippen molar-refractivity contribution >= 4 is 21.6 Å². The molecule has 0 saturated heterocycles. The average Bonchev–Trinajstić information content (AvgIpc) is 2.70. The molecule has 1 saturated carbocycles. The summed E-state index contributed by atoms with van der Waals surface area (Å²) in [6.45, 7) is 4.18. The van der Waals surface area contributed by atoms with E-state index in [0.29, 0.717) is 17.2 Å². The number of anilines is 1. The highest BCUT2D eigenvalue weighted by Gasteiger charge is 2.24. The summed E-state index contributed by atoms with van der Waals surface area (Å²) in [4.78, 5) is 12.7. The summed E-state index contributed by atoms with van der Waals surface area (Å²) in [5.74, 6) is 0.494. The van der Waals surface area contributed by atoms with Gasteiger partial charge in [-0.1, -0.05) is 30.7 Å². The summed E-state index contributed by atoms with van der Waals surface area (Å²) in [6, 6.07) is 13.7. The highest BCUT2D eigenvalue weighted by atomic mass is 32.2. The number of amides is 1. The van der Waals surface area contributed by atoms with Crippen LogP contribution in [0.25, 0.3) is 0 Å². The second kappa shape index (κ2) is 8.35. The van der Waals surface area contributed by atoms with Gasteiger partial charge in [-0.15, -0.1) is 0 Å². The Balaban J connectivity index is 1.77. The zero-order chi connectivity index (χ0) is 20.3. The normalized spacial score (nSPS) is 19.8. The summed E-state index contributed by atoms with van der Waals surface area (Å²) >= 11 is 0. The molecule has 1 amide bonds. The molecule has 2 aromatic rings. The number of carbonyl (C=O) groups is 1. The molecule has 0 aromatic heterocycles. The number of benzene rings is 2. The molecular weight excluding hydrogens is 372 g/mol. The molecule has 6 heteroatoms. The minimum Gasteiger partial charge on any atom is -0.349 e. The summed E-state index contributed by atoms with van der Waals surface area (Å²) in [5, 5.41) is 3.05. The Morgan fingerprint density at radius 1 is 1.04 bits per heavy atom. The lowest BCUT2D eigenvalue weighted by atomic mass is 9.87. The van der Waals surface area contributed by atoms with Crippen LogP contribution >= 0.6 is 0 Å². The molecule has 1 N–H and O–H groups in total. The Kier molecular flexibility index (Phi) is 6.08. The van der Waals surface area contributed by atoms with Gasteiger partial charge in [0.1, 0.15) is 0 Å². The molecule has 28 heavy (non-hydrogen) atoms. The third-order valence-electron chi connectivity index (χ3n) is 5.50. The minimum absolute atomic E-state index is 0.112. The van der Waals surface area contributed by atoms with E-state index in [1.165, 1.54) is 23.5 Å². The van der Waals surface area contributed by atoms with Gasteiger partial charge in [0.2, 0.25) is 0 Å². The number of rotatable bonds is 5. The van der Waals surface area contributed by atoms with Crippen LogP contribution in [0.5, 0.6) is 0 Å². The second-order valence-corrected chi connectivity index (χ2v) is 9.74. The largest absolute Gasteiger partial charge is 0.349 e. The van der Waals surface area contributed by atoms with E-state index in [1.807, 2.05) is 19.1 Å². The molecule has 3 rings (SSSR count). The Morgan fingerprint density at radius 3 is 2.32 bits per heavy atom. The second-order valence-electron chi connectivity index (χ2n) is 7.77. The number of nitrogens with one attached hydrogen (secondary N) is 1. The van der Waals surface area contributed by atoms with Crippen LogP contribution in [-0.4, -0.2) is 27.4 Å². The average molecular weight is 401 g/mol. The number of sulfonamides is 1. The molecule has 0 unspecified atom stereocenters. The topological polar surface area (TPSA) is 66.5 Å². The maximum Gasteiger partial charge on any atom is 0.264 e. The van der Waals surface area contributed by atoms with Crippen molar-refractivity contribution in [2.24, 2.45) is 5.92 Å². The van der Waals surface area contributed by atoms with Crippen LogP contribution in [0, 0.1) is 12.8 Å². The van der Waals surface area contributed by atoms with Crippen molar-refractivity contribution in [1.29, 1.82) is 0 Å². The van der Waals surface area contributed by atoms with Crippen LogP contribution in [0.3, 0.4) is 0 Å². The third kappa shape index (κ3) is 4.55. The maximum atomic E-state index is 13.0. The van der Waals surface area contributed by atoms with Gasteiger partial charge in [0.05, 0.1) is 10.6 Å². The predicted molar refractivity (Wildman–Crippen MR) is 112 cm³/mol. The first kappa shape index (κ1) is 20.4. The van der Waals surface area contributed by atoms with Gasteiger partial charge in [-0.05, 0) is 68.9 Å². The molecular formula is C22H28N2O3S. The van der Waals surface area contributed by atoms with Crippen LogP contribution in [0.2, 0.25) is 0 Å². The lowest BCUT2D eigenvalue weighted by Crippen LogP contribution is -2.37. The number of hydrogen-bond acceptors (Lipinski definition) is 3. The van der Waals surface area contributed by atoms with Crippen LogP contribution in [-0.2, 0) is 10.0 Å². The molecule has 0 atom stereocenters. The summed E-state index contributed by atoms with van der Waals surface area (Å²) in [7, 11) is -2.22. The van der Waals surface area contributed by atoms with Crippen molar-refractivity contribution in [2.45, 2.75) is 50.5 Å². The van der Waals surface area contributed by atoms with E-state index in [0.717, 1.165) is 31.2 Å². The molecule has 0 radical (unpaired) electrons. The first-order valence-electron chi connectivity index (χ1n) is 9.74. The fraction of sp³-hybridized carbons (Fsp3) is 0.409. The van der Waals surface area contributed by atoms with Gasteiger partial charge in [-0.3, -0.25) is 9.10 Å². The lowest BCUT2D eigenvalue weighted by molar-refractivity contribution is 0.0923. The molecule has 0 spiro atoms. The Morgan fingerprint density at radius 2 is 1.68 bits per heavy atom. The summed E-state index contributed by atoms with van der Waals surface area (Å²) < 4.78 is 27.3. The van der Waals surface area contributed by atoms with E-state index in [1.54, 1.807) is 24.3 Å². The number of aryl methyl sites for hydroxylation is 1. The highest BCUT2D eigenvalue weighted by molar-refractivity contribution is 7.92. The third-order valence-corrected chi connectivity index (χ3v) is 7.28. The zero-order valence-electron chi connectivity index (χ0n) is 16.7. The standard InChI is InChI=1S/C22H28N2O3S/c1-16-7-11-19(12-8-16)23-22(25)18-5-4-6-21(15-18)28(26,27)24(3)20-13-9-17(2)10-14-20/h4-6,9-10,13-16,19H,7-8,11-12H2,1-3H3,(H,23,25). The number of hydrogen-bond donors (Lipinski definition) is 1. The van der Waals surface area contributed by atoms with Crippen molar-refractivity contribution in [1.82, 2.24) is 5.32 Å². The molecule has 1 aliphatic carbocycles. The van der Waals surface area contributed by atoms with Crippen molar-refractivity contribution in [2.75, 3.05) is 11.4 Å². The van der Waals surface area contributed by atoms with Crippen LogP contribution in [0.1, 0.15) is 48.5 Å². The van der Waals surface area contributed by atoms with E-state index < -0.39 is 10.0 Å². The highest BCUT2D eigenvalue weighted by Crippen LogP contribution is 2.25. The van der Waals surface area contributed by atoms with Gasteiger partial charge in [0.15, 0.2) is 0 Å². The fourth-order valence-corrected chi connectivity index (χ4v) is 4.76. The molecule has 1 fully saturated rings. The van der Waals surface area contributed by atoms with Crippen molar-refractivity contribution in [3.05, 3.63) is 59.7 Å². The molecule has 1 aliphatic rings. The van der Waals surface area contributed by atoms with Crippen molar-refractivity contribution in [3.63, 3.8) is 0 Å². The van der Waals surface area contributed by atoms with Crippen LogP contribution < -0.4 is 9.62 Å². The van der Waals surface area contributed by atoms with E-state index >= 15 is 0 Å². The smallest absolute Gasteiger partial charge is 0.264 e.